The second-order valence-electron chi connectivity index (χ2n) is 8.93. The molecule has 33 heavy (non-hydrogen) atoms. The molecule has 8 heteroatoms. The fourth-order valence-electron chi connectivity index (χ4n) is 4.57. The van der Waals surface area contributed by atoms with Crippen LogP contribution < -0.4 is 10.3 Å². The predicted octanol–water partition coefficient (Wildman–Crippen LogP) is 4.15. The second-order valence-corrected chi connectivity index (χ2v) is 10.7. The molecule has 0 radical (unpaired) electrons. The van der Waals surface area contributed by atoms with Crippen LogP contribution in [-0.4, -0.2) is 30.3 Å². The standard InChI is InChI=1S/C25H28FN3O3S/c1-16(2)29-15-27-24-21(26)14-22(28-33(3,31)32)20(23(24)25(29)30)13-17-8-7-11-19(12-17)18-9-5-4-6-10-18/h4-12,15-16,20-22,28H,13-14H2,1-3H3/t20-,21+,22-/m0/s1. The van der Waals surface area contributed by atoms with Crippen LogP contribution in [0.2, 0.25) is 0 Å². The molecule has 0 bridgehead atoms. The summed E-state index contributed by atoms with van der Waals surface area (Å²) in [6.45, 7) is 3.71. The first-order valence-electron chi connectivity index (χ1n) is 11.0. The van der Waals surface area contributed by atoms with Crippen LogP contribution in [0.25, 0.3) is 11.1 Å². The van der Waals surface area contributed by atoms with Crippen molar-refractivity contribution >= 4 is 10.0 Å². The lowest BCUT2D eigenvalue weighted by atomic mass is 9.78. The number of aromatic nitrogens is 2. The minimum atomic E-state index is -3.61. The molecule has 0 unspecified atom stereocenters. The first kappa shape index (κ1) is 23.3. The molecule has 0 aliphatic heterocycles. The molecule has 6 nitrogen and oxygen atoms in total. The first-order chi connectivity index (χ1) is 15.6. The molecule has 1 aliphatic carbocycles. The number of nitrogens with zero attached hydrogens (tertiary/aromatic N) is 2. The van der Waals surface area contributed by atoms with Crippen molar-refractivity contribution in [2.75, 3.05) is 6.26 Å². The molecule has 0 amide bonds. The van der Waals surface area contributed by atoms with Crippen molar-refractivity contribution in [1.29, 1.82) is 0 Å². The highest BCUT2D eigenvalue weighted by atomic mass is 32.2. The number of hydrogen-bond acceptors (Lipinski definition) is 4. The van der Waals surface area contributed by atoms with E-state index in [0.717, 1.165) is 22.9 Å². The van der Waals surface area contributed by atoms with Gasteiger partial charge in [0.25, 0.3) is 5.56 Å². The Bertz CT molecular complexity index is 1310. The Morgan fingerprint density at radius 3 is 2.48 bits per heavy atom. The lowest BCUT2D eigenvalue weighted by Crippen LogP contribution is -2.46. The van der Waals surface area contributed by atoms with Gasteiger partial charge in [0.05, 0.1) is 18.3 Å². The third kappa shape index (κ3) is 5.07. The van der Waals surface area contributed by atoms with Gasteiger partial charge in [-0.3, -0.25) is 9.36 Å². The lowest BCUT2D eigenvalue weighted by Gasteiger charge is -2.35. The van der Waals surface area contributed by atoms with E-state index in [9.17, 15) is 13.2 Å². The summed E-state index contributed by atoms with van der Waals surface area (Å²) in [5.41, 5.74) is 3.07. The maximum absolute atomic E-state index is 15.1. The second kappa shape index (κ2) is 9.19. The molecule has 1 N–H and O–H groups in total. The van der Waals surface area contributed by atoms with E-state index >= 15 is 4.39 Å². The van der Waals surface area contributed by atoms with Crippen LogP contribution in [0.3, 0.4) is 0 Å². The van der Waals surface area contributed by atoms with E-state index < -0.39 is 28.2 Å². The van der Waals surface area contributed by atoms with Crippen LogP contribution >= 0.6 is 0 Å². The number of nitrogens with one attached hydrogen (secondary N) is 1. The predicted molar refractivity (Wildman–Crippen MR) is 127 cm³/mol. The van der Waals surface area contributed by atoms with Crippen molar-refractivity contribution < 1.29 is 12.8 Å². The Hall–Kier alpha value is -2.84. The average Bonchev–Trinajstić information content (AvgIpc) is 2.76. The van der Waals surface area contributed by atoms with Gasteiger partial charge in [-0.2, -0.15) is 0 Å². The highest BCUT2D eigenvalue weighted by Gasteiger charge is 2.40. The molecule has 4 rings (SSSR count). The van der Waals surface area contributed by atoms with Crippen molar-refractivity contribution in [2.45, 2.75) is 50.9 Å². The van der Waals surface area contributed by atoms with Gasteiger partial charge >= 0.3 is 0 Å². The summed E-state index contributed by atoms with van der Waals surface area (Å²) in [6, 6.07) is 16.9. The smallest absolute Gasteiger partial charge is 0.257 e. The van der Waals surface area contributed by atoms with Gasteiger partial charge in [0.2, 0.25) is 10.0 Å². The molecule has 0 saturated carbocycles. The monoisotopic (exact) mass is 469 g/mol. The number of hydrogen-bond donors (Lipinski definition) is 1. The summed E-state index contributed by atoms with van der Waals surface area (Å²) < 4.78 is 43.3. The molecule has 2 aromatic carbocycles. The van der Waals surface area contributed by atoms with E-state index in [-0.39, 0.29) is 29.3 Å². The summed E-state index contributed by atoms with van der Waals surface area (Å²) in [7, 11) is -3.61. The van der Waals surface area contributed by atoms with Gasteiger partial charge in [0.15, 0.2) is 0 Å². The Morgan fingerprint density at radius 2 is 1.82 bits per heavy atom. The van der Waals surface area contributed by atoms with Crippen LogP contribution in [0.5, 0.6) is 0 Å². The zero-order valence-electron chi connectivity index (χ0n) is 18.9. The molecule has 174 valence electrons. The molecular formula is C25H28FN3O3S. The van der Waals surface area contributed by atoms with Crippen LogP contribution in [-0.2, 0) is 16.4 Å². The van der Waals surface area contributed by atoms with Gasteiger partial charge in [0.1, 0.15) is 6.17 Å². The normalized spacial score (nSPS) is 20.6. The highest BCUT2D eigenvalue weighted by molar-refractivity contribution is 7.88. The van der Waals surface area contributed by atoms with Gasteiger partial charge < -0.3 is 0 Å². The van der Waals surface area contributed by atoms with E-state index in [1.807, 2.05) is 68.4 Å². The minimum Gasteiger partial charge on any atom is -0.296 e. The molecule has 1 heterocycles. The molecule has 1 aliphatic rings. The molecule has 0 saturated heterocycles. The number of halogens is 1. The number of alkyl halides is 1. The van der Waals surface area contributed by atoms with Crippen molar-refractivity contribution in [2.24, 2.45) is 0 Å². The van der Waals surface area contributed by atoms with Gasteiger partial charge in [-0.25, -0.2) is 22.5 Å². The number of benzene rings is 2. The SMILES string of the molecule is CC(C)n1cnc2c(c1=O)[C@@H](Cc1cccc(-c3ccccc3)c1)[C@@H](NS(C)(=O)=O)C[C@H]2F. The zero-order chi connectivity index (χ0) is 23.8. The van der Waals surface area contributed by atoms with E-state index in [0.29, 0.717) is 6.42 Å². The molecule has 0 fully saturated rings. The van der Waals surface area contributed by atoms with Crippen molar-refractivity contribution in [3.8, 4) is 11.1 Å². The molecule has 3 atom stereocenters. The topological polar surface area (TPSA) is 81.1 Å². The van der Waals surface area contributed by atoms with Gasteiger partial charge in [-0.1, -0.05) is 54.6 Å². The van der Waals surface area contributed by atoms with Crippen molar-refractivity contribution in [1.82, 2.24) is 14.3 Å². The summed E-state index contributed by atoms with van der Waals surface area (Å²) in [4.78, 5) is 17.7. The number of rotatable bonds is 6. The average molecular weight is 470 g/mol. The van der Waals surface area contributed by atoms with Crippen molar-refractivity contribution in [3.63, 3.8) is 0 Å². The summed E-state index contributed by atoms with van der Waals surface area (Å²) >= 11 is 0. The number of sulfonamides is 1. The largest absolute Gasteiger partial charge is 0.296 e. The zero-order valence-corrected chi connectivity index (χ0v) is 19.7. The van der Waals surface area contributed by atoms with Gasteiger partial charge in [-0.15, -0.1) is 0 Å². The van der Waals surface area contributed by atoms with E-state index in [1.165, 1.54) is 10.9 Å². The Kier molecular flexibility index (Phi) is 6.50. The maximum Gasteiger partial charge on any atom is 0.257 e. The molecule has 3 aromatic rings. The first-order valence-corrected chi connectivity index (χ1v) is 12.9. The summed E-state index contributed by atoms with van der Waals surface area (Å²) in [6.07, 6.45) is 1.24. The fraction of sp³-hybridized carbons (Fsp3) is 0.360. The summed E-state index contributed by atoms with van der Waals surface area (Å²) in [5.74, 6) is -0.543. The quantitative estimate of drug-likeness (QED) is 0.588. The van der Waals surface area contributed by atoms with E-state index in [1.54, 1.807) is 0 Å². The van der Waals surface area contributed by atoms with Crippen LogP contribution in [0, 0.1) is 0 Å². The van der Waals surface area contributed by atoms with Crippen LogP contribution in [0.15, 0.2) is 65.7 Å². The maximum atomic E-state index is 15.1. The van der Waals surface area contributed by atoms with Crippen molar-refractivity contribution in [3.05, 3.63) is 88.1 Å². The molecular weight excluding hydrogens is 441 g/mol. The van der Waals surface area contributed by atoms with E-state index in [2.05, 4.69) is 9.71 Å². The molecule has 0 spiro atoms. The Balaban J connectivity index is 1.81. The Labute approximate surface area is 193 Å². The van der Waals surface area contributed by atoms with Gasteiger partial charge in [-0.05, 0) is 37.0 Å². The van der Waals surface area contributed by atoms with E-state index in [4.69, 9.17) is 0 Å². The third-order valence-electron chi connectivity index (χ3n) is 6.09. The third-order valence-corrected chi connectivity index (χ3v) is 6.82. The lowest BCUT2D eigenvalue weighted by molar-refractivity contribution is 0.245. The molecule has 1 aromatic heterocycles. The minimum absolute atomic E-state index is 0.0682. The van der Waals surface area contributed by atoms with Gasteiger partial charge in [0, 0.05) is 30.0 Å². The van der Waals surface area contributed by atoms with Crippen LogP contribution in [0.4, 0.5) is 4.39 Å². The van der Waals surface area contributed by atoms with Crippen LogP contribution in [0.1, 0.15) is 55.2 Å². The number of fused-ring (bicyclic) bond motifs is 1. The highest BCUT2D eigenvalue weighted by Crippen LogP contribution is 2.39. The Morgan fingerprint density at radius 1 is 1.12 bits per heavy atom. The fourth-order valence-corrected chi connectivity index (χ4v) is 5.38. The summed E-state index contributed by atoms with van der Waals surface area (Å²) in [5, 5.41) is 0.